The third-order valence-electron chi connectivity index (χ3n) is 5.15. The van der Waals surface area contributed by atoms with E-state index in [0.29, 0.717) is 5.56 Å². The lowest BCUT2D eigenvalue weighted by molar-refractivity contribution is -0.137. The van der Waals surface area contributed by atoms with Crippen molar-refractivity contribution in [3.8, 4) is 0 Å². The maximum atomic E-state index is 14.3. The van der Waals surface area contributed by atoms with Gasteiger partial charge in [-0.2, -0.15) is 0 Å². The second-order valence-corrected chi connectivity index (χ2v) is 6.48. The van der Waals surface area contributed by atoms with E-state index in [4.69, 9.17) is 0 Å². The van der Waals surface area contributed by atoms with Gasteiger partial charge in [-0.3, -0.25) is 4.79 Å². The van der Waals surface area contributed by atoms with Gasteiger partial charge in [-0.05, 0) is 31.7 Å². The fraction of sp³-hybridized carbons (Fsp3) is 0.611. The Hall–Kier alpha value is -1.38. The van der Waals surface area contributed by atoms with Crippen molar-refractivity contribution in [1.29, 1.82) is 0 Å². The highest BCUT2D eigenvalue weighted by Crippen LogP contribution is 2.43. The van der Waals surface area contributed by atoms with Gasteiger partial charge in [-0.15, -0.1) is 0 Å². The normalized spacial score (nSPS) is 22.0. The highest BCUT2D eigenvalue weighted by atomic mass is 19.1. The maximum Gasteiger partial charge on any atom is 0.233 e. The monoisotopic (exact) mass is 289 g/mol. The molecule has 1 heterocycles. The Balaban J connectivity index is 1.93. The van der Waals surface area contributed by atoms with E-state index in [-0.39, 0.29) is 11.7 Å². The second-order valence-electron chi connectivity index (χ2n) is 6.48. The Morgan fingerprint density at radius 3 is 2.19 bits per heavy atom. The fourth-order valence-corrected chi connectivity index (χ4v) is 4.00. The molecule has 114 valence electrons. The van der Waals surface area contributed by atoms with Gasteiger partial charge in [0.25, 0.3) is 0 Å². The van der Waals surface area contributed by atoms with Crippen LogP contribution in [-0.4, -0.2) is 23.9 Å². The molecule has 0 bridgehead atoms. The van der Waals surface area contributed by atoms with E-state index in [1.54, 1.807) is 6.07 Å². The van der Waals surface area contributed by atoms with Crippen LogP contribution in [0.5, 0.6) is 0 Å². The highest BCUT2D eigenvalue weighted by molar-refractivity contribution is 5.88. The molecule has 1 aromatic carbocycles. The first-order valence-corrected chi connectivity index (χ1v) is 8.28. The molecule has 0 spiro atoms. The maximum absolute atomic E-state index is 14.3. The van der Waals surface area contributed by atoms with Crippen LogP contribution in [-0.2, 0) is 10.2 Å². The van der Waals surface area contributed by atoms with Gasteiger partial charge in [-0.1, -0.05) is 43.9 Å². The first-order valence-electron chi connectivity index (χ1n) is 8.28. The smallest absolute Gasteiger partial charge is 0.233 e. The molecule has 2 fully saturated rings. The quantitative estimate of drug-likeness (QED) is 0.804. The van der Waals surface area contributed by atoms with Crippen molar-refractivity contribution in [1.82, 2.24) is 4.90 Å². The number of benzene rings is 1. The standard InChI is InChI=1S/C18H24FNO/c19-16-10-4-3-9-15(16)18(11-5-6-12-18)17(21)20-13-7-1-2-8-14-20/h3-4,9-10H,1-2,5-8,11-14H2. The number of amides is 1. The van der Waals surface area contributed by atoms with Gasteiger partial charge in [0.2, 0.25) is 5.91 Å². The number of carbonyl (C=O) groups is 1. The summed E-state index contributed by atoms with van der Waals surface area (Å²) >= 11 is 0. The Bertz CT molecular complexity index is 500. The zero-order valence-corrected chi connectivity index (χ0v) is 12.6. The number of likely N-dealkylation sites (tertiary alicyclic amines) is 1. The molecule has 1 aliphatic carbocycles. The predicted molar refractivity (Wildman–Crippen MR) is 81.6 cm³/mol. The average molecular weight is 289 g/mol. The first-order chi connectivity index (χ1) is 10.2. The lowest BCUT2D eigenvalue weighted by atomic mass is 9.77. The van der Waals surface area contributed by atoms with Gasteiger partial charge < -0.3 is 4.90 Å². The average Bonchev–Trinajstić information content (AvgIpc) is 2.83. The number of hydrogen-bond donors (Lipinski definition) is 0. The molecular weight excluding hydrogens is 265 g/mol. The molecule has 0 aromatic heterocycles. The van der Waals surface area contributed by atoms with Crippen LogP contribution < -0.4 is 0 Å². The molecule has 2 aliphatic rings. The number of halogens is 1. The Morgan fingerprint density at radius 2 is 1.57 bits per heavy atom. The van der Waals surface area contributed by atoms with Gasteiger partial charge in [0, 0.05) is 18.7 Å². The van der Waals surface area contributed by atoms with Crippen LogP contribution >= 0.6 is 0 Å². The molecule has 1 aromatic rings. The summed E-state index contributed by atoms with van der Waals surface area (Å²) in [5.41, 5.74) is 0.0205. The molecule has 21 heavy (non-hydrogen) atoms. The topological polar surface area (TPSA) is 20.3 Å². The van der Waals surface area contributed by atoms with Crippen LogP contribution in [0, 0.1) is 5.82 Å². The summed E-state index contributed by atoms with van der Waals surface area (Å²) in [5, 5.41) is 0. The Kier molecular flexibility index (Phi) is 4.27. The van der Waals surface area contributed by atoms with Crippen molar-refractivity contribution in [2.75, 3.05) is 13.1 Å². The third-order valence-corrected chi connectivity index (χ3v) is 5.15. The summed E-state index contributed by atoms with van der Waals surface area (Å²) < 4.78 is 14.3. The summed E-state index contributed by atoms with van der Waals surface area (Å²) in [4.78, 5) is 15.2. The Labute approximate surface area is 126 Å². The van der Waals surface area contributed by atoms with Crippen molar-refractivity contribution in [3.05, 3.63) is 35.6 Å². The van der Waals surface area contributed by atoms with Gasteiger partial charge in [0.05, 0.1) is 5.41 Å². The van der Waals surface area contributed by atoms with Crippen molar-refractivity contribution in [2.24, 2.45) is 0 Å². The minimum Gasteiger partial charge on any atom is -0.342 e. The summed E-state index contributed by atoms with van der Waals surface area (Å²) in [5.74, 6) is -0.0467. The minimum absolute atomic E-state index is 0.173. The number of hydrogen-bond acceptors (Lipinski definition) is 1. The van der Waals surface area contributed by atoms with E-state index >= 15 is 0 Å². The van der Waals surface area contributed by atoms with Gasteiger partial charge in [0.1, 0.15) is 5.82 Å². The molecule has 3 rings (SSSR count). The van der Waals surface area contributed by atoms with Crippen molar-refractivity contribution in [2.45, 2.75) is 56.8 Å². The van der Waals surface area contributed by atoms with Gasteiger partial charge in [0.15, 0.2) is 0 Å². The summed E-state index contributed by atoms with van der Waals surface area (Å²) in [6.07, 6.45) is 8.21. The first kappa shape index (κ1) is 14.6. The number of rotatable bonds is 2. The van der Waals surface area contributed by atoms with E-state index in [0.717, 1.165) is 51.6 Å². The molecule has 0 atom stereocenters. The van der Waals surface area contributed by atoms with Crippen LogP contribution in [0.2, 0.25) is 0 Å². The molecule has 1 saturated carbocycles. The van der Waals surface area contributed by atoms with E-state index in [1.807, 2.05) is 17.0 Å². The summed E-state index contributed by atoms with van der Waals surface area (Å²) in [6.45, 7) is 1.68. The molecule has 0 unspecified atom stereocenters. The second kappa shape index (κ2) is 6.17. The van der Waals surface area contributed by atoms with Crippen LogP contribution in [0.15, 0.2) is 24.3 Å². The predicted octanol–water partition coefficient (Wildman–Crippen LogP) is 4.04. The van der Waals surface area contributed by atoms with Crippen molar-refractivity contribution in [3.63, 3.8) is 0 Å². The molecular formula is C18H24FNO. The van der Waals surface area contributed by atoms with Crippen LogP contribution in [0.25, 0.3) is 0 Å². The number of carbonyl (C=O) groups excluding carboxylic acids is 1. The van der Waals surface area contributed by atoms with E-state index in [1.165, 1.54) is 18.9 Å². The third kappa shape index (κ3) is 2.70. The van der Waals surface area contributed by atoms with Crippen LogP contribution in [0.1, 0.15) is 56.9 Å². The zero-order chi connectivity index (χ0) is 14.7. The molecule has 0 radical (unpaired) electrons. The van der Waals surface area contributed by atoms with Gasteiger partial charge >= 0.3 is 0 Å². The summed E-state index contributed by atoms with van der Waals surface area (Å²) in [7, 11) is 0. The molecule has 3 heteroatoms. The van der Waals surface area contributed by atoms with E-state index in [9.17, 15) is 9.18 Å². The molecule has 1 saturated heterocycles. The van der Waals surface area contributed by atoms with Gasteiger partial charge in [-0.25, -0.2) is 4.39 Å². The minimum atomic E-state index is -0.602. The molecule has 1 aliphatic heterocycles. The molecule has 2 nitrogen and oxygen atoms in total. The SMILES string of the molecule is O=C(N1CCCCCC1)C1(c2ccccc2F)CCCC1. The lowest BCUT2D eigenvalue weighted by Gasteiger charge is -2.34. The van der Waals surface area contributed by atoms with Crippen molar-refractivity contribution >= 4 is 5.91 Å². The molecule has 0 N–H and O–H groups in total. The number of nitrogens with zero attached hydrogens (tertiary/aromatic N) is 1. The van der Waals surface area contributed by atoms with E-state index in [2.05, 4.69) is 0 Å². The van der Waals surface area contributed by atoms with Crippen LogP contribution in [0.4, 0.5) is 4.39 Å². The molecule has 1 amide bonds. The lowest BCUT2D eigenvalue weighted by Crippen LogP contribution is -2.46. The van der Waals surface area contributed by atoms with Crippen LogP contribution in [0.3, 0.4) is 0 Å². The zero-order valence-electron chi connectivity index (χ0n) is 12.6. The van der Waals surface area contributed by atoms with Crippen molar-refractivity contribution < 1.29 is 9.18 Å². The summed E-state index contributed by atoms with van der Waals surface area (Å²) in [6, 6.07) is 6.87. The van der Waals surface area contributed by atoms with E-state index < -0.39 is 5.41 Å². The fourth-order valence-electron chi connectivity index (χ4n) is 4.00. The largest absolute Gasteiger partial charge is 0.342 e. The highest BCUT2D eigenvalue weighted by Gasteiger charge is 2.46. The Morgan fingerprint density at radius 1 is 0.952 bits per heavy atom.